The predicted molar refractivity (Wildman–Crippen MR) is 133 cm³/mol. The quantitative estimate of drug-likeness (QED) is 0.322. The zero-order valence-electron chi connectivity index (χ0n) is 18.3. The first kappa shape index (κ1) is 22.6. The van der Waals surface area contributed by atoms with Crippen molar-refractivity contribution in [1.82, 2.24) is 9.88 Å². The molecular formula is C27H25ClN2O3. The molecule has 5 nitrogen and oxygen atoms in total. The number of carbonyl (C=O) groups is 1. The smallest absolute Gasteiger partial charge is 0.352 e. The van der Waals surface area contributed by atoms with Crippen LogP contribution in [0.5, 0.6) is 5.75 Å². The number of nitrogens with one attached hydrogen (secondary N) is 1. The molecule has 0 aliphatic heterocycles. The van der Waals surface area contributed by atoms with Crippen molar-refractivity contribution in [3.05, 3.63) is 106 Å². The molecule has 0 unspecified atom stereocenters. The topological polar surface area (TPSA) is 63.5 Å². The molecule has 168 valence electrons. The van der Waals surface area contributed by atoms with Gasteiger partial charge in [-0.15, -0.1) is 0 Å². The van der Waals surface area contributed by atoms with E-state index in [9.17, 15) is 9.90 Å². The third-order valence-corrected chi connectivity index (χ3v) is 5.93. The Bertz CT molecular complexity index is 1290. The van der Waals surface area contributed by atoms with E-state index in [2.05, 4.69) is 11.9 Å². The van der Waals surface area contributed by atoms with Gasteiger partial charge in [-0.2, -0.15) is 0 Å². The Balaban J connectivity index is 1.72. The summed E-state index contributed by atoms with van der Waals surface area (Å²) in [6, 6.07) is 21.2. The van der Waals surface area contributed by atoms with E-state index in [4.69, 9.17) is 16.3 Å². The number of ether oxygens (including phenoxy) is 1. The maximum atomic E-state index is 12.4. The fraction of sp³-hybridized carbons (Fsp3) is 0.148. The molecule has 2 N–H and O–H groups in total. The van der Waals surface area contributed by atoms with E-state index in [1.54, 1.807) is 13.2 Å². The first-order valence-electron chi connectivity index (χ1n) is 10.6. The summed E-state index contributed by atoms with van der Waals surface area (Å²) < 4.78 is 7.27. The lowest BCUT2D eigenvalue weighted by atomic mass is 10.1. The van der Waals surface area contributed by atoms with Crippen molar-refractivity contribution in [3.63, 3.8) is 0 Å². The van der Waals surface area contributed by atoms with Gasteiger partial charge >= 0.3 is 5.97 Å². The molecule has 0 spiro atoms. The minimum atomic E-state index is -0.962. The first-order valence-corrected chi connectivity index (χ1v) is 11.0. The second kappa shape index (κ2) is 9.94. The average Bonchev–Trinajstić information content (AvgIpc) is 3.13. The van der Waals surface area contributed by atoms with Gasteiger partial charge in [-0.1, -0.05) is 60.7 Å². The first-order chi connectivity index (χ1) is 16.0. The molecule has 1 aromatic heterocycles. The molecule has 0 amide bonds. The molecule has 33 heavy (non-hydrogen) atoms. The molecule has 0 saturated carbocycles. The van der Waals surface area contributed by atoms with Crippen molar-refractivity contribution in [1.29, 1.82) is 0 Å². The lowest BCUT2D eigenvalue weighted by Gasteiger charge is -2.11. The molecule has 0 fully saturated rings. The van der Waals surface area contributed by atoms with Crippen molar-refractivity contribution in [3.8, 4) is 5.75 Å². The maximum Gasteiger partial charge on any atom is 0.352 e. The van der Waals surface area contributed by atoms with Crippen LogP contribution in [0.3, 0.4) is 0 Å². The van der Waals surface area contributed by atoms with Crippen molar-refractivity contribution in [2.75, 3.05) is 7.11 Å². The standard InChI is InChI=1S/C27H25ClN2O3/c1-3-18-4-6-20(7-5-18)17-30-25-14-22(33-2)12-13-23(25)24(26(30)27(31)32)16-29-15-19-8-10-21(28)11-9-19/h3-14,29H,1,15-17H2,2H3,(H,31,32). The number of nitrogens with zero attached hydrogens (tertiary/aromatic N) is 1. The van der Waals surface area contributed by atoms with Gasteiger partial charge in [0.1, 0.15) is 11.4 Å². The zero-order chi connectivity index (χ0) is 23.4. The van der Waals surface area contributed by atoms with Gasteiger partial charge < -0.3 is 19.7 Å². The maximum absolute atomic E-state index is 12.4. The van der Waals surface area contributed by atoms with Crippen molar-refractivity contribution >= 4 is 34.5 Å². The lowest BCUT2D eigenvalue weighted by molar-refractivity contribution is 0.0684. The molecule has 0 saturated heterocycles. The lowest BCUT2D eigenvalue weighted by Crippen LogP contribution is -2.17. The van der Waals surface area contributed by atoms with Crippen LogP contribution in [-0.4, -0.2) is 22.8 Å². The second-order valence-electron chi connectivity index (χ2n) is 7.78. The Labute approximate surface area is 197 Å². The summed E-state index contributed by atoms with van der Waals surface area (Å²) in [6.07, 6.45) is 1.78. The van der Waals surface area contributed by atoms with Gasteiger partial charge in [-0.05, 0) is 41.0 Å². The largest absolute Gasteiger partial charge is 0.497 e. The van der Waals surface area contributed by atoms with Gasteiger partial charge in [0.05, 0.1) is 12.6 Å². The third-order valence-electron chi connectivity index (χ3n) is 5.68. The highest BCUT2D eigenvalue weighted by Gasteiger charge is 2.23. The number of fused-ring (bicyclic) bond motifs is 1. The number of benzene rings is 3. The molecule has 4 rings (SSSR count). The molecule has 4 aromatic rings. The van der Waals surface area contributed by atoms with Gasteiger partial charge in [-0.3, -0.25) is 0 Å². The number of hydrogen-bond acceptors (Lipinski definition) is 3. The summed E-state index contributed by atoms with van der Waals surface area (Å²) in [6.45, 7) is 5.23. The fourth-order valence-electron chi connectivity index (χ4n) is 3.99. The summed E-state index contributed by atoms with van der Waals surface area (Å²) in [7, 11) is 1.61. The summed E-state index contributed by atoms with van der Waals surface area (Å²) in [4.78, 5) is 12.4. The molecule has 0 radical (unpaired) electrons. The zero-order valence-corrected chi connectivity index (χ0v) is 19.1. The predicted octanol–water partition coefficient (Wildman–Crippen LogP) is 5.98. The van der Waals surface area contributed by atoms with Gasteiger partial charge in [0.25, 0.3) is 0 Å². The third kappa shape index (κ3) is 4.95. The Morgan fingerprint density at radius 2 is 1.76 bits per heavy atom. The van der Waals surface area contributed by atoms with Gasteiger partial charge in [-0.25, -0.2) is 4.79 Å². The minimum Gasteiger partial charge on any atom is -0.497 e. The van der Waals surface area contributed by atoms with Crippen molar-refractivity contribution < 1.29 is 14.6 Å². The van der Waals surface area contributed by atoms with E-state index in [0.29, 0.717) is 30.4 Å². The molecular weight excluding hydrogens is 436 g/mol. The monoisotopic (exact) mass is 460 g/mol. The van der Waals surface area contributed by atoms with E-state index in [0.717, 1.165) is 33.2 Å². The van der Waals surface area contributed by atoms with Gasteiger partial charge in [0.2, 0.25) is 0 Å². The Morgan fingerprint density at radius 1 is 1.06 bits per heavy atom. The molecule has 0 aliphatic carbocycles. The van der Waals surface area contributed by atoms with Crippen LogP contribution >= 0.6 is 11.6 Å². The van der Waals surface area contributed by atoms with Crippen LogP contribution in [0.1, 0.15) is 32.7 Å². The SMILES string of the molecule is C=Cc1ccc(Cn2c(C(=O)O)c(CNCc3ccc(Cl)cc3)c3ccc(OC)cc32)cc1. The van der Waals surface area contributed by atoms with Crippen LogP contribution in [0, 0.1) is 0 Å². The number of hydrogen-bond donors (Lipinski definition) is 2. The van der Waals surface area contributed by atoms with E-state index in [-0.39, 0.29) is 5.69 Å². The van der Waals surface area contributed by atoms with Crippen LogP contribution in [-0.2, 0) is 19.6 Å². The summed E-state index contributed by atoms with van der Waals surface area (Å²) in [5, 5.41) is 15.1. The van der Waals surface area contributed by atoms with Crippen molar-refractivity contribution in [2.45, 2.75) is 19.6 Å². The normalized spacial score (nSPS) is 11.0. The number of carboxylic acid groups (broad SMARTS) is 1. The molecule has 0 bridgehead atoms. The number of halogens is 1. The van der Waals surface area contributed by atoms with Gasteiger partial charge in [0, 0.05) is 41.7 Å². The highest BCUT2D eigenvalue weighted by molar-refractivity contribution is 6.30. The fourth-order valence-corrected chi connectivity index (χ4v) is 4.12. The second-order valence-corrected chi connectivity index (χ2v) is 8.21. The molecule has 0 atom stereocenters. The number of aromatic carboxylic acids is 1. The Hall–Kier alpha value is -3.54. The number of carboxylic acids is 1. The Kier molecular flexibility index (Phi) is 6.82. The van der Waals surface area contributed by atoms with Crippen LogP contribution < -0.4 is 10.1 Å². The van der Waals surface area contributed by atoms with Crippen molar-refractivity contribution in [2.24, 2.45) is 0 Å². The average molecular weight is 461 g/mol. The van der Waals surface area contributed by atoms with E-state index >= 15 is 0 Å². The Morgan fingerprint density at radius 3 is 2.39 bits per heavy atom. The van der Waals surface area contributed by atoms with Crippen LogP contribution in [0.4, 0.5) is 0 Å². The highest BCUT2D eigenvalue weighted by Crippen LogP contribution is 2.31. The number of aromatic nitrogens is 1. The molecule has 3 aromatic carbocycles. The summed E-state index contributed by atoms with van der Waals surface area (Å²) >= 11 is 5.97. The summed E-state index contributed by atoms with van der Waals surface area (Å²) in [5.74, 6) is -0.281. The minimum absolute atomic E-state index is 0.273. The number of methoxy groups -OCH3 is 1. The number of rotatable bonds is 9. The van der Waals surface area contributed by atoms with Crippen LogP contribution in [0.25, 0.3) is 17.0 Å². The van der Waals surface area contributed by atoms with Gasteiger partial charge in [0.15, 0.2) is 0 Å². The molecule has 0 aliphatic rings. The van der Waals surface area contributed by atoms with E-state index < -0.39 is 5.97 Å². The van der Waals surface area contributed by atoms with E-state index in [1.807, 2.05) is 71.3 Å². The molecule has 6 heteroatoms. The van der Waals surface area contributed by atoms with Crippen LogP contribution in [0.2, 0.25) is 5.02 Å². The highest BCUT2D eigenvalue weighted by atomic mass is 35.5. The van der Waals surface area contributed by atoms with E-state index in [1.165, 1.54) is 0 Å². The van der Waals surface area contributed by atoms with Crippen LogP contribution in [0.15, 0.2) is 73.3 Å². The summed E-state index contributed by atoms with van der Waals surface area (Å²) in [5.41, 5.74) is 4.94. The molecule has 1 heterocycles.